The number of carbonyl (C=O) groups is 2. The number of hydrogen-bond acceptors (Lipinski definition) is 3. The molecule has 0 aliphatic heterocycles. The van der Waals surface area contributed by atoms with Gasteiger partial charge in [-0.1, -0.05) is 24.8 Å². The van der Waals surface area contributed by atoms with E-state index in [0.29, 0.717) is 5.57 Å². The summed E-state index contributed by atoms with van der Waals surface area (Å²) >= 11 is 4.82. The van der Waals surface area contributed by atoms with Gasteiger partial charge < -0.3 is 9.84 Å². The summed E-state index contributed by atoms with van der Waals surface area (Å²) in [7, 11) is 1.33. The maximum absolute atomic E-state index is 10.2. The number of methoxy groups -OCH3 is 1. The number of hydrogen-bond donors (Lipinski definition) is 1. The molecule has 0 aliphatic rings. The highest BCUT2D eigenvalue weighted by Gasteiger charge is 1.95. The van der Waals surface area contributed by atoms with Gasteiger partial charge in [0.05, 0.1) is 7.11 Å². The van der Waals surface area contributed by atoms with Gasteiger partial charge in [0.2, 0.25) is 0 Å². The maximum Gasteiger partial charge on any atom is 0.346 e. The number of carboxylic acid groups (broad SMARTS) is 1. The van der Waals surface area contributed by atoms with E-state index in [2.05, 4.69) is 17.9 Å². The summed E-state index contributed by atoms with van der Waals surface area (Å²) in [6.45, 7) is 7.87. The summed E-state index contributed by atoms with van der Waals surface area (Å²) < 4.78 is 4.27. The van der Waals surface area contributed by atoms with E-state index in [4.69, 9.17) is 16.7 Å². The molecule has 0 bridgehead atoms. The maximum atomic E-state index is 10.2. The molecule has 4 nitrogen and oxygen atoms in total. The molecule has 13 heavy (non-hydrogen) atoms. The van der Waals surface area contributed by atoms with Gasteiger partial charge in [-0.2, -0.15) is 0 Å². The van der Waals surface area contributed by atoms with E-state index in [0.717, 1.165) is 0 Å². The smallest absolute Gasteiger partial charge is 0.346 e. The monoisotopic (exact) mass is 206 g/mol. The van der Waals surface area contributed by atoms with Gasteiger partial charge in [-0.15, -0.1) is 0 Å². The van der Waals surface area contributed by atoms with E-state index in [-0.39, 0.29) is 11.0 Å². The van der Waals surface area contributed by atoms with Gasteiger partial charge in [-0.25, -0.2) is 9.59 Å². The van der Waals surface area contributed by atoms with Crippen LogP contribution in [0, 0.1) is 0 Å². The van der Waals surface area contributed by atoms with Crippen LogP contribution >= 0.6 is 11.6 Å². The third-order valence-corrected chi connectivity index (χ3v) is 0.928. The highest BCUT2D eigenvalue weighted by Crippen LogP contribution is 1.92. The minimum Gasteiger partial charge on any atom is -0.477 e. The second kappa shape index (κ2) is 7.36. The minimum absolute atomic E-state index is 0.347. The van der Waals surface area contributed by atoms with Crippen molar-refractivity contribution in [2.24, 2.45) is 0 Å². The largest absolute Gasteiger partial charge is 0.477 e. The summed E-state index contributed by atoms with van der Waals surface area (Å²) in [6.07, 6.45) is 0. The van der Waals surface area contributed by atoms with E-state index < -0.39 is 5.97 Å². The van der Waals surface area contributed by atoms with E-state index in [9.17, 15) is 9.59 Å². The lowest BCUT2D eigenvalue weighted by atomic mass is 10.4. The van der Waals surface area contributed by atoms with Crippen LogP contribution in [0.1, 0.15) is 6.92 Å². The first-order valence-electron chi connectivity index (χ1n) is 3.14. The molecular formula is C8H11ClO4. The van der Waals surface area contributed by atoms with Crippen LogP contribution in [-0.2, 0) is 14.3 Å². The molecule has 0 radical (unpaired) electrons. The third kappa shape index (κ3) is 10.7. The molecule has 0 atom stereocenters. The van der Waals surface area contributed by atoms with Crippen molar-refractivity contribution in [2.75, 3.05) is 7.11 Å². The third-order valence-electron chi connectivity index (χ3n) is 0.766. The van der Waals surface area contributed by atoms with Crippen LogP contribution < -0.4 is 0 Å². The van der Waals surface area contributed by atoms with Gasteiger partial charge in [-0.05, 0) is 6.92 Å². The van der Waals surface area contributed by atoms with Crippen molar-refractivity contribution in [2.45, 2.75) is 6.92 Å². The molecule has 0 aromatic rings. The molecule has 0 amide bonds. The number of halogens is 1. The summed E-state index contributed by atoms with van der Waals surface area (Å²) in [5, 5.41) is 7.41. The molecule has 0 aromatic carbocycles. The van der Waals surface area contributed by atoms with Crippen LogP contribution in [0.5, 0.6) is 0 Å². The molecule has 0 aromatic heterocycles. The number of aliphatic carboxylic acids is 1. The zero-order valence-electron chi connectivity index (χ0n) is 7.46. The average Bonchev–Trinajstić information content (AvgIpc) is 2.03. The molecule has 0 saturated heterocycles. The standard InChI is InChI=1S/C5H8O2.C3H3ClO2/c1-4(2)5(6)7-3;1-2(4)3(5)6/h1H2,2-3H3;1H2,(H,5,6). The predicted octanol–water partition coefficient (Wildman–Crippen LogP) is 1.56. The summed E-state index contributed by atoms with van der Waals surface area (Å²) in [5.74, 6) is -1.52. The number of ether oxygens (including phenoxy) is 1. The van der Waals surface area contributed by atoms with Crippen molar-refractivity contribution >= 4 is 23.5 Å². The zero-order valence-corrected chi connectivity index (χ0v) is 8.22. The Morgan fingerprint density at radius 2 is 1.69 bits per heavy atom. The average molecular weight is 207 g/mol. The Morgan fingerprint density at radius 1 is 1.38 bits per heavy atom. The SMILES string of the molecule is C=C(C)C(=O)OC.C=C(Cl)C(=O)O. The van der Waals surface area contributed by atoms with Crippen LogP contribution in [0.25, 0.3) is 0 Å². The zero-order chi connectivity index (χ0) is 11.0. The molecule has 0 fully saturated rings. The van der Waals surface area contributed by atoms with Crippen LogP contribution in [0.15, 0.2) is 23.8 Å². The summed E-state index contributed by atoms with van der Waals surface area (Å²) in [5.41, 5.74) is 0.433. The fourth-order valence-electron chi connectivity index (χ4n) is 0.174. The lowest BCUT2D eigenvalue weighted by Gasteiger charge is -1.91. The number of carbonyl (C=O) groups excluding carboxylic acids is 1. The van der Waals surface area contributed by atoms with Gasteiger partial charge in [0, 0.05) is 5.57 Å². The quantitative estimate of drug-likeness (QED) is 0.550. The van der Waals surface area contributed by atoms with Crippen molar-refractivity contribution in [3.05, 3.63) is 23.8 Å². The van der Waals surface area contributed by atoms with E-state index in [1.807, 2.05) is 0 Å². The minimum atomic E-state index is -1.17. The highest BCUT2D eigenvalue weighted by molar-refractivity contribution is 6.40. The van der Waals surface area contributed by atoms with Crippen molar-refractivity contribution in [3.8, 4) is 0 Å². The molecule has 0 rings (SSSR count). The number of rotatable bonds is 2. The van der Waals surface area contributed by atoms with Crippen LogP contribution in [-0.4, -0.2) is 24.2 Å². The number of esters is 1. The van der Waals surface area contributed by atoms with Crippen molar-refractivity contribution in [1.82, 2.24) is 0 Å². The Bertz CT molecular complexity index is 220. The van der Waals surface area contributed by atoms with Crippen molar-refractivity contribution in [3.63, 3.8) is 0 Å². The molecule has 0 aliphatic carbocycles. The Morgan fingerprint density at radius 3 is 1.69 bits per heavy atom. The Kier molecular flexibility index (Phi) is 8.07. The van der Waals surface area contributed by atoms with Crippen LogP contribution in [0.2, 0.25) is 0 Å². The van der Waals surface area contributed by atoms with E-state index in [1.54, 1.807) is 6.92 Å². The van der Waals surface area contributed by atoms with Gasteiger partial charge in [0.15, 0.2) is 0 Å². The molecular weight excluding hydrogens is 196 g/mol. The molecule has 0 saturated carbocycles. The first kappa shape index (κ1) is 14.2. The molecule has 5 heteroatoms. The fraction of sp³-hybridized carbons (Fsp3) is 0.250. The van der Waals surface area contributed by atoms with Gasteiger partial charge in [-0.3, -0.25) is 0 Å². The Hall–Kier alpha value is -1.29. The Balaban J connectivity index is 0. The highest BCUT2D eigenvalue weighted by atomic mass is 35.5. The predicted molar refractivity (Wildman–Crippen MR) is 49.5 cm³/mol. The molecule has 0 heterocycles. The van der Waals surface area contributed by atoms with Crippen molar-refractivity contribution < 1.29 is 19.4 Å². The normalized spacial score (nSPS) is 7.62. The van der Waals surface area contributed by atoms with Gasteiger partial charge >= 0.3 is 11.9 Å². The lowest BCUT2D eigenvalue weighted by molar-refractivity contribution is -0.136. The van der Waals surface area contributed by atoms with Gasteiger partial charge in [0.25, 0.3) is 0 Å². The fourth-order valence-corrected chi connectivity index (χ4v) is 0.174. The summed E-state index contributed by atoms with van der Waals surface area (Å²) in [4.78, 5) is 19.7. The second-order valence-corrected chi connectivity index (χ2v) is 2.44. The van der Waals surface area contributed by atoms with Crippen LogP contribution in [0.4, 0.5) is 0 Å². The molecule has 0 spiro atoms. The molecule has 74 valence electrons. The molecule has 0 unspecified atom stereocenters. The number of carboxylic acids is 1. The molecule has 1 N–H and O–H groups in total. The first-order chi connectivity index (χ1) is 5.82. The first-order valence-corrected chi connectivity index (χ1v) is 3.52. The topological polar surface area (TPSA) is 63.6 Å². The van der Waals surface area contributed by atoms with Crippen molar-refractivity contribution in [1.29, 1.82) is 0 Å². The second-order valence-electron chi connectivity index (χ2n) is 1.98. The van der Waals surface area contributed by atoms with Gasteiger partial charge in [0.1, 0.15) is 5.03 Å². The van der Waals surface area contributed by atoms with E-state index >= 15 is 0 Å². The van der Waals surface area contributed by atoms with E-state index in [1.165, 1.54) is 7.11 Å². The Labute approximate surface area is 81.5 Å². The van der Waals surface area contributed by atoms with Crippen LogP contribution in [0.3, 0.4) is 0 Å². The summed E-state index contributed by atoms with van der Waals surface area (Å²) in [6, 6.07) is 0. The lowest BCUT2D eigenvalue weighted by Crippen LogP contribution is -1.98.